The van der Waals surface area contributed by atoms with E-state index in [-0.39, 0.29) is 11.9 Å². The number of carbonyl (C=O) groups is 1. The van der Waals surface area contributed by atoms with E-state index < -0.39 is 5.54 Å². The van der Waals surface area contributed by atoms with Crippen LogP contribution in [0.1, 0.15) is 23.7 Å². The van der Waals surface area contributed by atoms with E-state index in [1.165, 1.54) is 0 Å². The molecule has 4 nitrogen and oxygen atoms in total. The van der Waals surface area contributed by atoms with Gasteiger partial charge in [0.25, 0.3) is 5.91 Å². The number of carbonyl (C=O) groups excluding carboxylic acids is 1. The van der Waals surface area contributed by atoms with Crippen molar-refractivity contribution in [3.8, 4) is 0 Å². The molecule has 0 unspecified atom stereocenters. The molecule has 2 aromatic carbocycles. The minimum atomic E-state index is -0.960. The number of anilines is 1. The molecule has 1 amide bonds. The van der Waals surface area contributed by atoms with E-state index in [9.17, 15) is 4.79 Å². The van der Waals surface area contributed by atoms with Crippen molar-refractivity contribution in [1.82, 2.24) is 10.3 Å². The Bertz CT molecular complexity index is 1060. The molecule has 0 bridgehead atoms. The molecule has 6 heteroatoms. The smallest absolute Gasteiger partial charge is 0.255 e. The molecule has 5 rings (SSSR count). The molecule has 0 aliphatic carbocycles. The number of hydrogen-bond donors (Lipinski definition) is 3. The van der Waals surface area contributed by atoms with Crippen molar-refractivity contribution in [3.05, 3.63) is 63.3 Å². The van der Waals surface area contributed by atoms with Crippen LogP contribution in [0.2, 0.25) is 10.0 Å². The van der Waals surface area contributed by atoms with Gasteiger partial charge in [0.2, 0.25) is 0 Å². The zero-order valence-corrected chi connectivity index (χ0v) is 14.9. The summed E-state index contributed by atoms with van der Waals surface area (Å²) in [6.07, 6.45) is 0.820. The number of amides is 1. The van der Waals surface area contributed by atoms with Crippen molar-refractivity contribution in [2.75, 3.05) is 5.32 Å². The van der Waals surface area contributed by atoms with Gasteiger partial charge in [-0.2, -0.15) is 0 Å². The first-order valence-corrected chi connectivity index (χ1v) is 8.94. The van der Waals surface area contributed by atoms with E-state index in [2.05, 4.69) is 22.5 Å². The lowest BCUT2D eigenvalue weighted by atomic mass is 9.80. The summed E-state index contributed by atoms with van der Waals surface area (Å²) in [5, 5.41) is 8.88. The third-order valence-electron chi connectivity index (χ3n) is 5.19. The van der Waals surface area contributed by atoms with Crippen molar-refractivity contribution >= 4 is 45.7 Å². The van der Waals surface area contributed by atoms with E-state index in [0.717, 1.165) is 39.8 Å². The lowest BCUT2D eigenvalue weighted by Gasteiger charge is -2.37. The number of benzene rings is 2. The number of fused-ring (bicyclic) bond motifs is 6. The summed E-state index contributed by atoms with van der Waals surface area (Å²) in [5.74, 6) is -0.0878. The predicted octanol–water partition coefficient (Wildman–Crippen LogP) is 4.20. The van der Waals surface area contributed by atoms with Crippen LogP contribution in [-0.2, 0) is 16.8 Å². The molecule has 1 aromatic heterocycles. The van der Waals surface area contributed by atoms with Gasteiger partial charge in [-0.15, -0.1) is 0 Å². The maximum absolute atomic E-state index is 13.1. The van der Waals surface area contributed by atoms with Gasteiger partial charge in [0.15, 0.2) is 5.54 Å². The van der Waals surface area contributed by atoms with Crippen LogP contribution in [0.3, 0.4) is 0 Å². The van der Waals surface area contributed by atoms with Gasteiger partial charge >= 0.3 is 0 Å². The summed E-state index contributed by atoms with van der Waals surface area (Å²) in [5.41, 5.74) is 3.67. The molecule has 126 valence electrons. The topological polar surface area (TPSA) is 56.9 Å². The SMILES string of the molecule is C[C@H]1Cc2c([nH]c3ccc(Cl)cc23)[C@@]2(N1)C(=O)Nc1ccc(Cl)cc12. The molecule has 3 heterocycles. The van der Waals surface area contributed by atoms with Gasteiger partial charge in [-0.05, 0) is 55.3 Å². The maximum Gasteiger partial charge on any atom is 0.255 e. The molecule has 2 atom stereocenters. The summed E-state index contributed by atoms with van der Waals surface area (Å²) in [4.78, 5) is 16.6. The maximum atomic E-state index is 13.1. The Morgan fingerprint density at radius 1 is 1.12 bits per heavy atom. The number of nitrogens with one attached hydrogen (secondary N) is 3. The number of hydrogen-bond acceptors (Lipinski definition) is 2. The van der Waals surface area contributed by atoms with Gasteiger partial charge in [-0.3, -0.25) is 10.1 Å². The average Bonchev–Trinajstić information content (AvgIpc) is 3.05. The molecule has 0 saturated heterocycles. The van der Waals surface area contributed by atoms with Gasteiger partial charge in [-0.25, -0.2) is 0 Å². The van der Waals surface area contributed by atoms with Crippen LogP contribution in [0.25, 0.3) is 10.9 Å². The Balaban J connectivity index is 1.87. The van der Waals surface area contributed by atoms with Gasteiger partial charge in [-0.1, -0.05) is 23.2 Å². The second-order valence-corrected chi connectivity index (χ2v) is 7.68. The quantitative estimate of drug-likeness (QED) is 0.554. The van der Waals surface area contributed by atoms with Gasteiger partial charge in [0.1, 0.15) is 0 Å². The van der Waals surface area contributed by atoms with E-state index in [1.54, 1.807) is 6.07 Å². The number of H-pyrrole nitrogens is 1. The highest BCUT2D eigenvalue weighted by Crippen LogP contribution is 2.47. The van der Waals surface area contributed by atoms with Crippen LogP contribution in [0.5, 0.6) is 0 Å². The molecule has 2 aliphatic rings. The first-order valence-electron chi connectivity index (χ1n) is 8.19. The predicted molar refractivity (Wildman–Crippen MR) is 100 cm³/mol. The molecule has 0 radical (unpaired) electrons. The molecular formula is C19H15Cl2N3O. The monoisotopic (exact) mass is 371 g/mol. The summed E-state index contributed by atoms with van der Waals surface area (Å²) < 4.78 is 0. The fraction of sp³-hybridized carbons (Fsp3) is 0.211. The van der Waals surface area contributed by atoms with Crippen LogP contribution < -0.4 is 10.6 Å². The van der Waals surface area contributed by atoms with Crippen LogP contribution in [0.15, 0.2) is 36.4 Å². The first-order chi connectivity index (χ1) is 12.0. The Morgan fingerprint density at radius 2 is 1.88 bits per heavy atom. The second kappa shape index (κ2) is 5.01. The summed E-state index contributed by atoms with van der Waals surface area (Å²) >= 11 is 12.5. The summed E-state index contributed by atoms with van der Waals surface area (Å²) in [6, 6.07) is 11.4. The van der Waals surface area contributed by atoms with Crippen molar-refractivity contribution < 1.29 is 4.79 Å². The third kappa shape index (κ3) is 1.96. The zero-order chi connectivity index (χ0) is 17.3. The van der Waals surface area contributed by atoms with Crippen LogP contribution in [-0.4, -0.2) is 16.9 Å². The molecular weight excluding hydrogens is 357 g/mol. The van der Waals surface area contributed by atoms with E-state index >= 15 is 0 Å². The Morgan fingerprint density at radius 3 is 2.72 bits per heavy atom. The van der Waals surface area contributed by atoms with Crippen LogP contribution >= 0.6 is 23.2 Å². The highest BCUT2D eigenvalue weighted by atomic mass is 35.5. The van der Waals surface area contributed by atoms with Gasteiger partial charge in [0, 0.05) is 38.2 Å². The summed E-state index contributed by atoms with van der Waals surface area (Å²) in [6.45, 7) is 2.09. The Hall–Kier alpha value is -2.01. The van der Waals surface area contributed by atoms with E-state index in [1.807, 2.05) is 30.3 Å². The Kier molecular flexibility index (Phi) is 3.06. The van der Waals surface area contributed by atoms with Crippen molar-refractivity contribution in [2.24, 2.45) is 0 Å². The molecule has 3 N–H and O–H groups in total. The Labute approximate surface area is 154 Å². The standard InChI is InChI=1S/C19H15Cl2N3O/c1-9-6-13-12-7-10(20)2-4-15(12)22-17(13)19(24-9)14-8-11(21)3-5-16(14)23-18(19)25/h2-5,7-9,22,24H,6H2,1H3,(H,23,25)/t9-,19+/m0/s1. The fourth-order valence-corrected chi connectivity index (χ4v) is 4.56. The molecule has 0 fully saturated rings. The van der Waals surface area contributed by atoms with E-state index in [4.69, 9.17) is 23.2 Å². The van der Waals surface area contributed by atoms with Crippen molar-refractivity contribution in [3.63, 3.8) is 0 Å². The highest BCUT2D eigenvalue weighted by Gasteiger charge is 2.53. The zero-order valence-electron chi connectivity index (χ0n) is 13.4. The van der Waals surface area contributed by atoms with Gasteiger partial charge in [0.05, 0.1) is 5.69 Å². The molecule has 0 saturated carbocycles. The first kappa shape index (κ1) is 15.3. The second-order valence-electron chi connectivity index (χ2n) is 6.81. The fourth-order valence-electron chi connectivity index (χ4n) is 4.22. The lowest BCUT2D eigenvalue weighted by molar-refractivity contribution is -0.121. The number of halogens is 2. The molecule has 3 aromatic rings. The largest absolute Gasteiger partial charge is 0.356 e. The van der Waals surface area contributed by atoms with Crippen molar-refractivity contribution in [1.29, 1.82) is 0 Å². The number of aromatic amines is 1. The number of rotatable bonds is 0. The average molecular weight is 372 g/mol. The summed E-state index contributed by atoms with van der Waals surface area (Å²) in [7, 11) is 0. The molecule has 1 spiro atoms. The molecule has 25 heavy (non-hydrogen) atoms. The minimum Gasteiger partial charge on any atom is -0.356 e. The third-order valence-corrected chi connectivity index (χ3v) is 5.66. The lowest BCUT2D eigenvalue weighted by Crippen LogP contribution is -2.56. The highest BCUT2D eigenvalue weighted by molar-refractivity contribution is 6.31. The molecule has 2 aliphatic heterocycles. The van der Waals surface area contributed by atoms with Crippen LogP contribution in [0.4, 0.5) is 5.69 Å². The normalized spacial score (nSPS) is 24.4. The van der Waals surface area contributed by atoms with E-state index in [0.29, 0.717) is 10.0 Å². The van der Waals surface area contributed by atoms with Gasteiger partial charge < -0.3 is 10.3 Å². The van der Waals surface area contributed by atoms with Crippen molar-refractivity contribution in [2.45, 2.75) is 24.9 Å². The number of aromatic nitrogens is 1. The minimum absolute atomic E-state index is 0.0878. The van der Waals surface area contributed by atoms with Crippen LogP contribution in [0, 0.1) is 0 Å².